The molecule has 3 rings (SSSR count). The summed E-state index contributed by atoms with van der Waals surface area (Å²) in [6.07, 6.45) is -0.146. The predicted octanol–water partition coefficient (Wildman–Crippen LogP) is 3.12. The number of carbonyl (C=O) groups is 2. The van der Waals surface area contributed by atoms with Crippen molar-refractivity contribution >= 4 is 23.3 Å². The van der Waals surface area contributed by atoms with E-state index in [1.807, 2.05) is 32.8 Å². The Morgan fingerprint density at radius 2 is 1.85 bits per heavy atom. The summed E-state index contributed by atoms with van der Waals surface area (Å²) in [5, 5.41) is 15.3. The molecule has 0 unspecified atom stereocenters. The van der Waals surface area contributed by atoms with Gasteiger partial charge in [0.05, 0.1) is 25.3 Å². The van der Waals surface area contributed by atoms with Crippen LogP contribution in [0.3, 0.4) is 0 Å². The molecule has 3 amide bonds. The van der Waals surface area contributed by atoms with Gasteiger partial charge in [0, 0.05) is 30.4 Å². The quantitative estimate of drug-likeness (QED) is 0.575. The van der Waals surface area contributed by atoms with Crippen LogP contribution in [0.15, 0.2) is 42.5 Å². The molecule has 0 aliphatic carbocycles. The van der Waals surface area contributed by atoms with E-state index in [0.29, 0.717) is 41.5 Å². The number of benzene rings is 2. The normalized spacial score (nSPS) is 18.9. The molecule has 1 aliphatic rings. The van der Waals surface area contributed by atoms with Gasteiger partial charge in [-0.15, -0.1) is 0 Å². The molecule has 184 valence electrons. The fraction of sp³-hybridized carbons (Fsp3) is 0.440. The molecule has 9 nitrogen and oxygen atoms in total. The lowest BCUT2D eigenvalue weighted by atomic mass is 9.99. The minimum absolute atomic E-state index is 0.0570. The maximum Gasteiger partial charge on any atom is 0.323 e. The number of hydrogen-bond donors (Lipinski definition) is 3. The van der Waals surface area contributed by atoms with Gasteiger partial charge in [0.15, 0.2) is 0 Å². The Bertz CT molecular complexity index is 995. The van der Waals surface area contributed by atoms with Gasteiger partial charge >= 0.3 is 6.03 Å². The summed E-state index contributed by atoms with van der Waals surface area (Å²) in [4.78, 5) is 29.7. The highest BCUT2D eigenvalue weighted by molar-refractivity contribution is 6.02. The number of fused-ring (bicyclic) bond motifs is 1. The molecule has 0 saturated carbocycles. The molecule has 0 saturated heterocycles. The highest BCUT2D eigenvalue weighted by atomic mass is 16.5. The number of amides is 3. The molecule has 3 N–H and O–H groups in total. The smallest absolute Gasteiger partial charge is 0.323 e. The number of aliphatic hydroxyl groups excluding tert-OH is 1. The van der Waals surface area contributed by atoms with Gasteiger partial charge in [-0.05, 0) is 63.5 Å². The van der Waals surface area contributed by atoms with E-state index in [-0.39, 0.29) is 30.6 Å². The van der Waals surface area contributed by atoms with Crippen molar-refractivity contribution in [3.63, 3.8) is 0 Å². The van der Waals surface area contributed by atoms with Crippen LogP contribution in [0.4, 0.5) is 16.2 Å². The maximum atomic E-state index is 13.4. The summed E-state index contributed by atoms with van der Waals surface area (Å²) in [7, 11) is 5.53. The third-order valence-corrected chi connectivity index (χ3v) is 5.82. The molecular formula is C25H34N4O5. The highest BCUT2D eigenvalue weighted by Gasteiger charge is 2.33. The fourth-order valence-electron chi connectivity index (χ4n) is 3.85. The number of likely N-dealkylation sites (N-methyl/N-ethyl adjacent to an activating group) is 1. The Labute approximate surface area is 200 Å². The Morgan fingerprint density at radius 3 is 2.47 bits per heavy atom. The molecule has 0 aromatic heterocycles. The Hall–Kier alpha value is -3.30. The van der Waals surface area contributed by atoms with E-state index in [9.17, 15) is 14.7 Å². The molecule has 9 heteroatoms. The zero-order chi connectivity index (χ0) is 24.8. The standard InChI is InChI=1S/C25H34N4O5/c1-16-13-29(17(2)15-30)24(31)21-12-19(8-11-22(21)34-23(16)14-28(3)4)27-25(32)26-18-6-9-20(33-5)10-7-18/h6-12,16-17,23,30H,13-15H2,1-5H3,(H2,26,27,32)/t16-,17+,23+/m0/s1. The van der Waals surface area contributed by atoms with Crippen LogP contribution in [0.25, 0.3) is 0 Å². The molecule has 34 heavy (non-hydrogen) atoms. The van der Waals surface area contributed by atoms with Crippen LogP contribution in [0, 0.1) is 5.92 Å². The molecule has 1 aliphatic heterocycles. The van der Waals surface area contributed by atoms with Gasteiger partial charge in [-0.3, -0.25) is 4.79 Å². The first-order valence-electron chi connectivity index (χ1n) is 11.3. The van der Waals surface area contributed by atoms with Gasteiger partial charge in [0.25, 0.3) is 5.91 Å². The number of anilines is 2. The van der Waals surface area contributed by atoms with Crippen molar-refractivity contribution in [1.82, 2.24) is 9.80 Å². The van der Waals surface area contributed by atoms with Gasteiger partial charge < -0.3 is 35.0 Å². The van der Waals surface area contributed by atoms with E-state index < -0.39 is 6.03 Å². The van der Waals surface area contributed by atoms with Crippen LogP contribution in [0.5, 0.6) is 11.5 Å². The number of rotatable bonds is 7. The van der Waals surface area contributed by atoms with E-state index in [1.165, 1.54) is 0 Å². The van der Waals surface area contributed by atoms with Crippen molar-refractivity contribution < 1.29 is 24.2 Å². The predicted molar refractivity (Wildman–Crippen MR) is 132 cm³/mol. The third-order valence-electron chi connectivity index (χ3n) is 5.82. The minimum atomic E-state index is -0.441. The molecule has 0 spiro atoms. The average molecular weight is 471 g/mol. The highest BCUT2D eigenvalue weighted by Crippen LogP contribution is 2.30. The first-order valence-corrected chi connectivity index (χ1v) is 11.3. The van der Waals surface area contributed by atoms with E-state index in [4.69, 9.17) is 9.47 Å². The monoisotopic (exact) mass is 470 g/mol. The molecule has 0 radical (unpaired) electrons. The molecule has 0 fully saturated rings. The first kappa shape index (κ1) is 25.3. The van der Waals surface area contributed by atoms with Crippen LogP contribution >= 0.6 is 0 Å². The van der Waals surface area contributed by atoms with Crippen LogP contribution in [0.1, 0.15) is 24.2 Å². The van der Waals surface area contributed by atoms with E-state index in [2.05, 4.69) is 10.6 Å². The number of urea groups is 1. The lowest BCUT2D eigenvalue weighted by Gasteiger charge is -2.37. The summed E-state index contributed by atoms with van der Waals surface area (Å²) in [5.41, 5.74) is 1.40. The fourth-order valence-corrected chi connectivity index (χ4v) is 3.85. The summed E-state index contributed by atoms with van der Waals surface area (Å²) in [6, 6.07) is 11.2. The summed E-state index contributed by atoms with van der Waals surface area (Å²) in [6.45, 7) is 4.85. The van der Waals surface area contributed by atoms with Crippen LogP contribution in [0.2, 0.25) is 0 Å². The second-order valence-electron chi connectivity index (χ2n) is 8.90. The SMILES string of the molecule is COc1ccc(NC(=O)Nc2ccc3c(c2)C(=O)N([C@H](C)CO)C[C@H](C)[C@@H](CN(C)C)O3)cc1. The van der Waals surface area contributed by atoms with E-state index >= 15 is 0 Å². The zero-order valence-corrected chi connectivity index (χ0v) is 20.4. The van der Waals surface area contributed by atoms with Gasteiger partial charge in [-0.1, -0.05) is 6.92 Å². The first-order chi connectivity index (χ1) is 16.2. The van der Waals surface area contributed by atoms with Gasteiger partial charge in [-0.2, -0.15) is 0 Å². The van der Waals surface area contributed by atoms with Crippen molar-refractivity contribution in [2.45, 2.75) is 26.0 Å². The molecular weight excluding hydrogens is 436 g/mol. The van der Waals surface area contributed by atoms with Gasteiger partial charge in [0.2, 0.25) is 0 Å². The lowest BCUT2D eigenvalue weighted by Crippen LogP contribution is -2.49. The lowest BCUT2D eigenvalue weighted by molar-refractivity contribution is 0.0363. The minimum Gasteiger partial charge on any atom is -0.497 e. The topological polar surface area (TPSA) is 103 Å². The molecule has 0 bridgehead atoms. The summed E-state index contributed by atoms with van der Waals surface area (Å²) in [5.74, 6) is 0.960. The second-order valence-corrected chi connectivity index (χ2v) is 8.90. The largest absolute Gasteiger partial charge is 0.497 e. The maximum absolute atomic E-state index is 13.4. The van der Waals surface area contributed by atoms with E-state index in [0.717, 1.165) is 0 Å². The molecule has 2 aromatic carbocycles. The number of ether oxygens (including phenoxy) is 2. The molecule has 1 heterocycles. The Balaban J connectivity index is 1.85. The number of nitrogens with one attached hydrogen (secondary N) is 2. The zero-order valence-electron chi connectivity index (χ0n) is 20.4. The number of aliphatic hydroxyl groups is 1. The van der Waals surface area contributed by atoms with Gasteiger partial charge in [-0.25, -0.2) is 4.79 Å². The van der Waals surface area contributed by atoms with E-state index in [1.54, 1.807) is 54.5 Å². The van der Waals surface area contributed by atoms with Crippen LogP contribution in [-0.4, -0.2) is 79.9 Å². The summed E-state index contributed by atoms with van der Waals surface area (Å²) < 4.78 is 11.4. The van der Waals surface area contributed by atoms with Crippen molar-refractivity contribution in [2.75, 3.05) is 51.5 Å². The van der Waals surface area contributed by atoms with Crippen LogP contribution in [-0.2, 0) is 0 Å². The Kier molecular flexibility index (Phi) is 8.36. The molecule has 2 aromatic rings. The van der Waals surface area contributed by atoms with Crippen molar-refractivity contribution in [1.29, 1.82) is 0 Å². The van der Waals surface area contributed by atoms with Crippen molar-refractivity contribution in [2.24, 2.45) is 5.92 Å². The third kappa shape index (κ3) is 6.18. The average Bonchev–Trinajstić information content (AvgIpc) is 2.81. The number of hydrogen-bond acceptors (Lipinski definition) is 6. The van der Waals surface area contributed by atoms with Gasteiger partial charge in [0.1, 0.15) is 17.6 Å². The number of carbonyl (C=O) groups excluding carboxylic acids is 2. The van der Waals surface area contributed by atoms with Crippen LogP contribution < -0.4 is 20.1 Å². The Morgan fingerprint density at radius 1 is 1.21 bits per heavy atom. The molecule has 3 atom stereocenters. The van der Waals surface area contributed by atoms with Crippen molar-refractivity contribution in [3.05, 3.63) is 48.0 Å². The van der Waals surface area contributed by atoms with Crippen molar-refractivity contribution in [3.8, 4) is 11.5 Å². The second kappa shape index (κ2) is 11.2. The number of nitrogens with zero attached hydrogens (tertiary/aromatic N) is 2. The number of methoxy groups -OCH3 is 1. The summed E-state index contributed by atoms with van der Waals surface area (Å²) >= 11 is 0.